The maximum absolute atomic E-state index is 4.48. The first-order chi connectivity index (χ1) is 12.3. The van der Waals surface area contributed by atoms with Gasteiger partial charge in [0.25, 0.3) is 0 Å². The second-order valence-corrected chi connectivity index (χ2v) is 6.71. The van der Waals surface area contributed by atoms with Crippen molar-refractivity contribution in [2.75, 3.05) is 25.0 Å². The first-order valence-electron chi connectivity index (χ1n) is 9.02. The summed E-state index contributed by atoms with van der Waals surface area (Å²) in [6.45, 7) is 6.51. The van der Waals surface area contributed by atoms with Crippen LogP contribution in [0.5, 0.6) is 0 Å². The molecule has 1 fully saturated rings. The first-order valence-corrected chi connectivity index (χ1v) is 9.02. The molecule has 1 aliphatic heterocycles. The van der Waals surface area contributed by atoms with E-state index in [0.29, 0.717) is 0 Å². The van der Waals surface area contributed by atoms with Crippen LogP contribution in [-0.2, 0) is 6.54 Å². The van der Waals surface area contributed by atoms with Crippen LogP contribution in [0.4, 0.5) is 11.5 Å². The predicted molar refractivity (Wildman–Crippen MR) is 100 cm³/mol. The highest BCUT2D eigenvalue weighted by Crippen LogP contribution is 2.25. The Kier molecular flexibility index (Phi) is 4.61. The standard InChI is InChI=1S/C19H24N6/c1-15-6-5-7-17-18(15)19(21-14-20-17)23-16-12-22-25(13-16)11-10-24-8-3-2-4-9-24/h5-7,12-14H,2-4,8-11H2,1H3,(H,20,21,23). The minimum absolute atomic E-state index is 0.832. The molecule has 0 amide bonds. The van der Waals surface area contributed by atoms with Gasteiger partial charge in [0.15, 0.2) is 0 Å². The van der Waals surface area contributed by atoms with E-state index in [9.17, 15) is 0 Å². The van der Waals surface area contributed by atoms with Gasteiger partial charge in [-0.2, -0.15) is 5.10 Å². The van der Waals surface area contributed by atoms with E-state index in [4.69, 9.17) is 0 Å². The number of piperidine rings is 1. The molecular weight excluding hydrogens is 312 g/mol. The fourth-order valence-electron chi connectivity index (χ4n) is 3.49. The van der Waals surface area contributed by atoms with Crippen molar-refractivity contribution in [1.82, 2.24) is 24.6 Å². The average Bonchev–Trinajstić information content (AvgIpc) is 3.09. The summed E-state index contributed by atoms with van der Waals surface area (Å²) in [6.07, 6.45) is 9.54. The summed E-state index contributed by atoms with van der Waals surface area (Å²) in [5.41, 5.74) is 3.08. The fraction of sp³-hybridized carbons (Fsp3) is 0.421. The molecule has 6 heteroatoms. The largest absolute Gasteiger partial charge is 0.337 e. The molecule has 4 rings (SSSR count). The molecule has 0 saturated carbocycles. The highest BCUT2D eigenvalue weighted by molar-refractivity contribution is 5.93. The van der Waals surface area contributed by atoms with Crippen molar-refractivity contribution < 1.29 is 0 Å². The van der Waals surface area contributed by atoms with Gasteiger partial charge in [0.1, 0.15) is 12.1 Å². The average molecular weight is 336 g/mol. The Balaban J connectivity index is 1.46. The highest BCUT2D eigenvalue weighted by atomic mass is 15.3. The summed E-state index contributed by atoms with van der Waals surface area (Å²) in [4.78, 5) is 11.3. The number of nitrogens with zero attached hydrogens (tertiary/aromatic N) is 5. The van der Waals surface area contributed by atoms with Crippen LogP contribution in [0, 0.1) is 6.92 Å². The van der Waals surface area contributed by atoms with Gasteiger partial charge in [-0.05, 0) is 44.5 Å². The van der Waals surface area contributed by atoms with E-state index in [1.807, 2.05) is 23.0 Å². The second-order valence-electron chi connectivity index (χ2n) is 6.71. The zero-order chi connectivity index (χ0) is 17.1. The fourth-order valence-corrected chi connectivity index (χ4v) is 3.49. The van der Waals surface area contributed by atoms with E-state index >= 15 is 0 Å². The van der Waals surface area contributed by atoms with Crippen LogP contribution >= 0.6 is 0 Å². The van der Waals surface area contributed by atoms with Gasteiger partial charge < -0.3 is 10.2 Å². The lowest BCUT2D eigenvalue weighted by Crippen LogP contribution is -2.32. The summed E-state index contributed by atoms with van der Waals surface area (Å²) < 4.78 is 2.01. The van der Waals surface area contributed by atoms with Crippen molar-refractivity contribution in [2.45, 2.75) is 32.7 Å². The topological polar surface area (TPSA) is 58.9 Å². The predicted octanol–water partition coefficient (Wildman–Crippen LogP) is 3.36. The van der Waals surface area contributed by atoms with Crippen LogP contribution in [0.1, 0.15) is 24.8 Å². The number of aryl methyl sites for hydroxylation is 1. The van der Waals surface area contributed by atoms with E-state index in [1.165, 1.54) is 32.4 Å². The number of likely N-dealkylation sites (tertiary alicyclic amines) is 1. The molecule has 25 heavy (non-hydrogen) atoms. The summed E-state index contributed by atoms with van der Waals surface area (Å²) in [7, 11) is 0. The number of fused-ring (bicyclic) bond motifs is 1. The molecule has 1 saturated heterocycles. The van der Waals surface area contributed by atoms with Crippen molar-refractivity contribution in [2.24, 2.45) is 0 Å². The van der Waals surface area contributed by atoms with Crippen LogP contribution in [-0.4, -0.2) is 44.3 Å². The minimum atomic E-state index is 0.832. The molecule has 3 aromatic rings. The zero-order valence-electron chi connectivity index (χ0n) is 14.6. The van der Waals surface area contributed by atoms with Gasteiger partial charge in [-0.3, -0.25) is 4.68 Å². The summed E-state index contributed by atoms with van der Waals surface area (Å²) >= 11 is 0. The van der Waals surface area contributed by atoms with Crippen molar-refractivity contribution in [3.05, 3.63) is 42.5 Å². The Morgan fingerprint density at radius 1 is 1.08 bits per heavy atom. The van der Waals surface area contributed by atoms with Gasteiger partial charge in [-0.1, -0.05) is 18.6 Å². The van der Waals surface area contributed by atoms with Crippen LogP contribution < -0.4 is 5.32 Å². The van der Waals surface area contributed by atoms with Gasteiger partial charge >= 0.3 is 0 Å². The van der Waals surface area contributed by atoms with Gasteiger partial charge in [-0.15, -0.1) is 0 Å². The summed E-state index contributed by atoms with van der Waals surface area (Å²) in [5.74, 6) is 0.832. The lowest BCUT2D eigenvalue weighted by molar-refractivity contribution is 0.218. The first kappa shape index (κ1) is 16.0. The molecule has 0 radical (unpaired) electrons. The Hall–Kier alpha value is -2.47. The van der Waals surface area contributed by atoms with E-state index < -0.39 is 0 Å². The number of anilines is 2. The van der Waals surface area contributed by atoms with Gasteiger partial charge in [0, 0.05) is 18.1 Å². The number of hydrogen-bond donors (Lipinski definition) is 1. The van der Waals surface area contributed by atoms with Crippen molar-refractivity contribution >= 4 is 22.4 Å². The van der Waals surface area contributed by atoms with Gasteiger partial charge in [0.2, 0.25) is 0 Å². The molecule has 2 aromatic heterocycles. The second kappa shape index (κ2) is 7.19. The molecule has 1 N–H and O–H groups in total. The number of hydrogen-bond acceptors (Lipinski definition) is 5. The molecule has 0 aliphatic carbocycles. The molecule has 0 unspecified atom stereocenters. The summed E-state index contributed by atoms with van der Waals surface area (Å²) in [6, 6.07) is 6.11. The Morgan fingerprint density at radius 3 is 2.84 bits per heavy atom. The van der Waals surface area contributed by atoms with Crippen LogP contribution in [0.15, 0.2) is 36.9 Å². The molecule has 1 aliphatic rings. The third kappa shape index (κ3) is 3.64. The Labute approximate surface area is 147 Å². The lowest BCUT2D eigenvalue weighted by atomic mass is 10.1. The number of nitrogens with one attached hydrogen (secondary N) is 1. The normalized spacial score (nSPS) is 15.6. The minimum Gasteiger partial charge on any atom is -0.337 e. The summed E-state index contributed by atoms with van der Waals surface area (Å²) in [5, 5.41) is 8.94. The Bertz CT molecular complexity index is 845. The zero-order valence-corrected chi connectivity index (χ0v) is 14.6. The van der Waals surface area contributed by atoms with Crippen molar-refractivity contribution in [1.29, 1.82) is 0 Å². The number of rotatable bonds is 5. The number of aromatic nitrogens is 4. The van der Waals surface area contributed by atoms with E-state index in [2.05, 4.69) is 44.5 Å². The van der Waals surface area contributed by atoms with E-state index in [-0.39, 0.29) is 0 Å². The van der Waals surface area contributed by atoms with E-state index in [0.717, 1.165) is 41.1 Å². The maximum atomic E-state index is 4.48. The Morgan fingerprint density at radius 2 is 1.96 bits per heavy atom. The third-order valence-electron chi connectivity index (χ3n) is 4.86. The molecule has 6 nitrogen and oxygen atoms in total. The lowest BCUT2D eigenvalue weighted by Gasteiger charge is -2.26. The van der Waals surface area contributed by atoms with Gasteiger partial charge in [-0.25, -0.2) is 9.97 Å². The molecule has 1 aromatic carbocycles. The molecule has 3 heterocycles. The van der Waals surface area contributed by atoms with Crippen LogP contribution in [0.3, 0.4) is 0 Å². The monoisotopic (exact) mass is 336 g/mol. The maximum Gasteiger partial charge on any atom is 0.142 e. The molecule has 0 bridgehead atoms. The third-order valence-corrected chi connectivity index (χ3v) is 4.86. The van der Waals surface area contributed by atoms with Crippen LogP contribution in [0.2, 0.25) is 0 Å². The van der Waals surface area contributed by atoms with Crippen molar-refractivity contribution in [3.63, 3.8) is 0 Å². The van der Waals surface area contributed by atoms with Gasteiger partial charge in [0.05, 0.1) is 23.9 Å². The molecule has 0 spiro atoms. The number of benzene rings is 1. The quantitative estimate of drug-likeness (QED) is 0.774. The SMILES string of the molecule is Cc1cccc2ncnc(Nc3cnn(CCN4CCCCC4)c3)c12. The molecule has 0 atom stereocenters. The smallest absolute Gasteiger partial charge is 0.142 e. The van der Waals surface area contributed by atoms with Crippen LogP contribution in [0.25, 0.3) is 10.9 Å². The molecule has 130 valence electrons. The van der Waals surface area contributed by atoms with E-state index in [1.54, 1.807) is 6.33 Å². The highest BCUT2D eigenvalue weighted by Gasteiger charge is 2.11. The van der Waals surface area contributed by atoms with Crippen molar-refractivity contribution in [3.8, 4) is 0 Å². The molecular formula is C19H24N6.